The number of rotatable bonds is 5. The van der Waals surface area contributed by atoms with E-state index in [1.807, 2.05) is 58.9 Å². The summed E-state index contributed by atoms with van der Waals surface area (Å²) >= 11 is 0. The molecule has 2 aromatic carbocycles. The monoisotopic (exact) mass is 494 g/mol. The van der Waals surface area contributed by atoms with Gasteiger partial charge in [-0.05, 0) is 77.4 Å². The number of para-hydroxylation sites is 1. The van der Waals surface area contributed by atoms with Crippen molar-refractivity contribution in [3.8, 4) is 17.3 Å². The molecule has 2 heterocycles. The van der Waals surface area contributed by atoms with Crippen LogP contribution in [0.4, 0.5) is 5.69 Å². The van der Waals surface area contributed by atoms with Gasteiger partial charge in [0.2, 0.25) is 0 Å². The maximum absolute atomic E-state index is 13.4. The van der Waals surface area contributed by atoms with Gasteiger partial charge < -0.3 is 10.1 Å². The van der Waals surface area contributed by atoms with Crippen LogP contribution >= 0.6 is 0 Å². The standard InChI is InChI=1S/C30H30N4O3/c1-18-14-24(20(3)32-25-13-8-7-12-23(25)29(36)37-30(4,5)6)27-33-26(19(2)28(35)34(27)17-18)22-11-9-10-21(15-22)16-31/h7-15,17,20,32H,1-6H3. The molecule has 0 saturated heterocycles. The van der Waals surface area contributed by atoms with Crippen molar-refractivity contribution in [2.45, 2.75) is 53.2 Å². The van der Waals surface area contributed by atoms with E-state index in [4.69, 9.17) is 9.72 Å². The van der Waals surface area contributed by atoms with E-state index in [9.17, 15) is 14.9 Å². The number of benzene rings is 2. The fourth-order valence-electron chi connectivity index (χ4n) is 4.26. The molecule has 2 aromatic heterocycles. The van der Waals surface area contributed by atoms with Crippen LogP contribution in [0.25, 0.3) is 16.9 Å². The number of carbonyl (C=O) groups excluding carboxylic acids is 1. The second-order valence-corrected chi connectivity index (χ2v) is 10.2. The smallest absolute Gasteiger partial charge is 0.340 e. The third-order valence-electron chi connectivity index (χ3n) is 5.96. The molecule has 1 N–H and O–H groups in total. The zero-order valence-electron chi connectivity index (χ0n) is 21.9. The van der Waals surface area contributed by atoms with E-state index in [2.05, 4.69) is 11.4 Å². The van der Waals surface area contributed by atoms with Gasteiger partial charge in [0, 0.05) is 28.6 Å². The topological polar surface area (TPSA) is 96.5 Å². The largest absolute Gasteiger partial charge is 0.456 e. The second kappa shape index (κ2) is 9.90. The summed E-state index contributed by atoms with van der Waals surface area (Å²) in [7, 11) is 0. The third kappa shape index (κ3) is 5.39. The fraction of sp³-hybridized carbons (Fsp3) is 0.267. The Morgan fingerprint density at radius 2 is 1.84 bits per heavy atom. The molecule has 4 rings (SSSR count). The molecule has 0 radical (unpaired) electrons. The molecule has 0 aliphatic rings. The lowest BCUT2D eigenvalue weighted by Gasteiger charge is -2.23. The Kier molecular flexibility index (Phi) is 6.86. The summed E-state index contributed by atoms with van der Waals surface area (Å²) in [5, 5.41) is 12.8. The number of esters is 1. The Morgan fingerprint density at radius 3 is 2.54 bits per heavy atom. The van der Waals surface area contributed by atoms with E-state index in [1.54, 1.807) is 47.9 Å². The molecular formula is C30H30N4O3. The zero-order valence-corrected chi connectivity index (χ0v) is 21.9. The van der Waals surface area contributed by atoms with Gasteiger partial charge in [0.1, 0.15) is 11.2 Å². The van der Waals surface area contributed by atoms with Crippen LogP contribution < -0.4 is 10.9 Å². The molecular weight excluding hydrogens is 464 g/mol. The first-order chi connectivity index (χ1) is 17.5. The van der Waals surface area contributed by atoms with Crippen molar-refractivity contribution in [1.29, 1.82) is 5.26 Å². The number of hydrogen-bond donors (Lipinski definition) is 1. The molecule has 37 heavy (non-hydrogen) atoms. The lowest BCUT2D eigenvalue weighted by atomic mass is 10.0. The lowest BCUT2D eigenvalue weighted by molar-refractivity contribution is 0.00706. The van der Waals surface area contributed by atoms with Crippen molar-refractivity contribution in [3.63, 3.8) is 0 Å². The highest BCUT2D eigenvalue weighted by Crippen LogP contribution is 2.28. The van der Waals surface area contributed by atoms with E-state index in [1.165, 1.54) is 0 Å². The van der Waals surface area contributed by atoms with Crippen molar-refractivity contribution in [2.24, 2.45) is 0 Å². The molecule has 7 nitrogen and oxygen atoms in total. The van der Waals surface area contributed by atoms with Gasteiger partial charge in [-0.25, -0.2) is 9.78 Å². The van der Waals surface area contributed by atoms with Gasteiger partial charge in [0.05, 0.1) is 28.9 Å². The first-order valence-corrected chi connectivity index (χ1v) is 12.1. The van der Waals surface area contributed by atoms with Crippen LogP contribution in [0.15, 0.2) is 65.6 Å². The number of hydrogen-bond acceptors (Lipinski definition) is 6. The summed E-state index contributed by atoms with van der Waals surface area (Å²) in [6.45, 7) is 11.1. The van der Waals surface area contributed by atoms with Crippen LogP contribution in [0.5, 0.6) is 0 Å². The van der Waals surface area contributed by atoms with Gasteiger partial charge in [0.15, 0.2) is 0 Å². The second-order valence-electron chi connectivity index (χ2n) is 10.2. The van der Waals surface area contributed by atoms with Crippen LogP contribution in [0, 0.1) is 25.2 Å². The normalized spacial score (nSPS) is 12.1. The van der Waals surface area contributed by atoms with E-state index in [0.717, 1.165) is 11.1 Å². The number of nitrogens with zero attached hydrogens (tertiary/aromatic N) is 3. The average Bonchev–Trinajstić information content (AvgIpc) is 2.85. The number of aryl methyl sites for hydroxylation is 1. The quantitative estimate of drug-likeness (QED) is 0.343. The van der Waals surface area contributed by atoms with Gasteiger partial charge in [0.25, 0.3) is 5.56 Å². The maximum atomic E-state index is 13.4. The highest BCUT2D eigenvalue weighted by atomic mass is 16.6. The van der Waals surface area contributed by atoms with Crippen molar-refractivity contribution in [3.05, 3.63) is 99.0 Å². The third-order valence-corrected chi connectivity index (χ3v) is 5.96. The SMILES string of the molecule is Cc1cc(C(C)Nc2ccccc2C(=O)OC(C)(C)C)c2nc(-c3cccc(C#N)c3)c(C)c(=O)n2c1. The predicted octanol–water partition coefficient (Wildman–Crippen LogP) is 5.98. The van der Waals surface area contributed by atoms with Crippen LogP contribution in [-0.4, -0.2) is 21.0 Å². The van der Waals surface area contributed by atoms with Crippen LogP contribution in [0.3, 0.4) is 0 Å². The van der Waals surface area contributed by atoms with Gasteiger partial charge in [-0.2, -0.15) is 5.26 Å². The van der Waals surface area contributed by atoms with Gasteiger partial charge in [-0.3, -0.25) is 9.20 Å². The average molecular weight is 495 g/mol. The Balaban J connectivity index is 1.83. The van der Waals surface area contributed by atoms with Crippen molar-refractivity contribution in [2.75, 3.05) is 5.32 Å². The Hall–Kier alpha value is -4.44. The molecule has 1 unspecified atom stereocenters. The number of aromatic nitrogens is 2. The summed E-state index contributed by atoms with van der Waals surface area (Å²) in [5.74, 6) is -0.415. The van der Waals surface area contributed by atoms with E-state index < -0.39 is 11.6 Å². The van der Waals surface area contributed by atoms with E-state index in [-0.39, 0.29) is 11.6 Å². The summed E-state index contributed by atoms with van der Waals surface area (Å²) in [4.78, 5) is 31.2. The molecule has 0 fully saturated rings. The lowest BCUT2D eigenvalue weighted by Crippen LogP contribution is -2.25. The van der Waals surface area contributed by atoms with Crippen molar-refractivity contribution >= 4 is 17.3 Å². The van der Waals surface area contributed by atoms with Crippen LogP contribution in [-0.2, 0) is 4.74 Å². The Labute approximate surface area is 216 Å². The molecule has 1 atom stereocenters. The minimum Gasteiger partial charge on any atom is -0.456 e. The number of fused-ring (bicyclic) bond motifs is 1. The van der Waals surface area contributed by atoms with E-state index >= 15 is 0 Å². The summed E-state index contributed by atoms with van der Waals surface area (Å²) in [6, 6.07) is 18.1. The van der Waals surface area contributed by atoms with Crippen LogP contribution in [0.2, 0.25) is 0 Å². The molecule has 4 aromatic rings. The molecule has 0 amide bonds. The number of nitrogens with one attached hydrogen (secondary N) is 1. The van der Waals surface area contributed by atoms with Crippen molar-refractivity contribution in [1.82, 2.24) is 9.38 Å². The zero-order chi connectivity index (χ0) is 26.9. The summed E-state index contributed by atoms with van der Waals surface area (Å²) < 4.78 is 7.16. The molecule has 0 saturated carbocycles. The number of pyridine rings is 1. The molecule has 188 valence electrons. The minimum atomic E-state index is -0.620. The van der Waals surface area contributed by atoms with E-state index in [0.29, 0.717) is 39.3 Å². The number of anilines is 1. The Bertz CT molecular complexity index is 1610. The number of nitriles is 1. The molecule has 7 heteroatoms. The van der Waals surface area contributed by atoms with Crippen LogP contribution in [0.1, 0.15) is 66.3 Å². The molecule has 0 aliphatic heterocycles. The first-order valence-electron chi connectivity index (χ1n) is 12.1. The van der Waals surface area contributed by atoms with Crippen molar-refractivity contribution < 1.29 is 9.53 Å². The minimum absolute atomic E-state index is 0.173. The predicted molar refractivity (Wildman–Crippen MR) is 145 cm³/mol. The molecule has 0 aliphatic carbocycles. The fourth-order valence-corrected chi connectivity index (χ4v) is 4.26. The summed E-state index contributed by atoms with van der Waals surface area (Å²) in [5.41, 5.74) is 4.71. The van der Waals surface area contributed by atoms with Gasteiger partial charge >= 0.3 is 5.97 Å². The van der Waals surface area contributed by atoms with Gasteiger partial charge in [-0.1, -0.05) is 24.3 Å². The number of carbonyl (C=O) groups is 1. The first kappa shape index (κ1) is 25.6. The number of ether oxygens (including phenoxy) is 1. The highest BCUT2D eigenvalue weighted by molar-refractivity contribution is 5.96. The highest BCUT2D eigenvalue weighted by Gasteiger charge is 2.22. The Morgan fingerprint density at radius 1 is 1.11 bits per heavy atom. The summed E-state index contributed by atoms with van der Waals surface area (Å²) in [6.07, 6.45) is 1.78. The van der Waals surface area contributed by atoms with Gasteiger partial charge in [-0.15, -0.1) is 0 Å². The molecule has 0 spiro atoms. The maximum Gasteiger partial charge on any atom is 0.340 e. The molecule has 0 bridgehead atoms.